The normalized spacial score (nSPS) is 11.2. The summed E-state index contributed by atoms with van der Waals surface area (Å²) in [5.41, 5.74) is 2.67. The van der Waals surface area contributed by atoms with Crippen LogP contribution in [0.2, 0.25) is 0 Å². The molecule has 94 valence electrons. The van der Waals surface area contributed by atoms with E-state index in [0.29, 0.717) is 17.7 Å². The number of anilines is 1. The highest BCUT2D eigenvalue weighted by Gasteiger charge is 2.11. The summed E-state index contributed by atoms with van der Waals surface area (Å²) < 4.78 is 25.7. The van der Waals surface area contributed by atoms with Crippen molar-refractivity contribution in [3.63, 3.8) is 0 Å². The summed E-state index contributed by atoms with van der Waals surface area (Å²) >= 11 is 0. The van der Waals surface area contributed by atoms with E-state index in [4.69, 9.17) is 0 Å². The van der Waals surface area contributed by atoms with Crippen molar-refractivity contribution in [1.29, 1.82) is 0 Å². The lowest BCUT2D eigenvalue weighted by atomic mass is 10.0. The summed E-state index contributed by atoms with van der Waals surface area (Å²) in [6.45, 7) is 5.38. The van der Waals surface area contributed by atoms with Gasteiger partial charge in [0.05, 0.1) is 5.75 Å². The van der Waals surface area contributed by atoms with Crippen molar-refractivity contribution >= 4 is 22.0 Å². The summed E-state index contributed by atoms with van der Waals surface area (Å²) in [6.07, 6.45) is 1.36. The largest absolute Gasteiger partial charge is 0.298 e. The number of sulfonamides is 1. The average Bonchev–Trinajstić information content (AvgIpc) is 2.15. The second-order valence-corrected chi connectivity index (χ2v) is 5.90. The second kappa shape index (κ2) is 5.31. The minimum Gasteiger partial charge on any atom is -0.298 e. The summed E-state index contributed by atoms with van der Waals surface area (Å²) in [5, 5.41) is 0. The molecule has 0 aromatic heterocycles. The lowest BCUT2D eigenvalue weighted by Crippen LogP contribution is -2.16. The molecule has 1 aromatic carbocycles. The maximum atomic E-state index is 11.6. The summed E-state index contributed by atoms with van der Waals surface area (Å²) in [4.78, 5) is 10.8. The fourth-order valence-electron chi connectivity index (χ4n) is 1.72. The Hall–Kier alpha value is -1.36. The molecule has 0 fully saturated rings. The van der Waals surface area contributed by atoms with E-state index in [1.165, 1.54) is 0 Å². The van der Waals surface area contributed by atoms with Gasteiger partial charge in [0.15, 0.2) is 6.29 Å². The van der Waals surface area contributed by atoms with Crippen LogP contribution in [0.15, 0.2) is 12.1 Å². The molecule has 0 amide bonds. The first-order valence-corrected chi connectivity index (χ1v) is 7.11. The van der Waals surface area contributed by atoms with Gasteiger partial charge in [-0.05, 0) is 43.5 Å². The van der Waals surface area contributed by atoms with Crippen LogP contribution in [0.5, 0.6) is 0 Å². The van der Waals surface area contributed by atoms with Crippen LogP contribution in [-0.4, -0.2) is 20.5 Å². The van der Waals surface area contributed by atoms with E-state index in [9.17, 15) is 13.2 Å². The van der Waals surface area contributed by atoms with Gasteiger partial charge in [-0.25, -0.2) is 8.42 Å². The highest BCUT2D eigenvalue weighted by Crippen LogP contribution is 2.19. The molecule has 0 aliphatic rings. The van der Waals surface area contributed by atoms with Crippen molar-refractivity contribution in [2.75, 3.05) is 10.5 Å². The zero-order valence-electron chi connectivity index (χ0n) is 10.3. The van der Waals surface area contributed by atoms with Crippen molar-refractivity contribution < 1.29 is 13.2 Å². The van der Waals surface area contributed by atoms with Crippen molar-refractivity contribution in [2.45, 2.75) is 27.2 Å². The van der Waals surface area contributed by atoms with E-state index < -0.39 is 10.0 Å². The lowest BCUT2D eigenvalue weighted by Gasteiger charge is -2.10. The van der Waals surface area contributed by atoms with Gasteiger partial charge in [0.1, 0.15) is 0 Å². The summed E-state index contributed by atoms with van der Waals surface area (Å²) in [6, 6.07) is 3.34. The van der Waals surface area contributed by atoms with Gasteiger partial charge >= 0.3 is 0 Å². The van der Waals surface area contributed by atoms with Gasteiger partial charge in [-0.3, -0.25) is 9.52 Å². The molecule has 0 spiro atoms. The third-order valence-corrected chi connectivity index (χ3v) is 3.95. The number of nitrogens with one attached hydrogen (secondary N) is 1. The van der Waals surface area contributed by atoms with Crippen LogP contribution >= 0.6 is 0 Å². The Morgan fingerprint density at radius 1 is 1.24 bits per heavy atom. The zero-order valence-corrected chi connectivity index (χ0v) is 11.1. The molecule has 0 saturated carbocycles. The number of aryl methyl sites for hydroxylation is 2. The number of aldehydes is 1. The van der Waals surface area contributed by atoms with Crippen LogP contribution in [0.3, 0.4) is 0 Å². The molecule has 1 N–H and O–H groups in total. The van der Waals surface area contributed by atoms with Crippen LogP contribution in [0.1, 0.15) is 34.8 Å². The van der Waals surface area contributed by atoms with E-state index in [1.807, 2.05) is 6.92 Å². The lowest BCUT2D eigenvalue weighted by molar-refractivity contribution is 0.112. The number of rotatable bonds is 5. The Balaban J connectivity index is 3.06. The molecule has 0 unspecified atom stereocenters. The summed E-state index contributed by atoms with van der Waals surface area (Å²) in [5.74, 6) is 0.0977. The molecule has 1 rings (SSSR count). The molecule has 1 aromatic rings. The van der Waals surface area contributed by atoms with Crippen molar-refractivity contribution in [3.8, 4) is 0 Å². The maximum absolute atomic E-state index is 11.6. The Morgan fingerprint density at radius 2 is 1.76 bits per heavy atom. The molecule has 0 heterocycles. The van der Waals surface area contributed by atoms with E-state index >= 15 is 0 Å². The van der Waals surface area contributed by atoms with Gasteiger partial charge in [0.2, 0.25) is 10.0 Å². The maximum Gasteiger partial charge on any atom is 0.232 e. The topological polar surface area (TPSA) is 63.2 Å². The first-order valence-electron chi connectivity index (χ1n) is 5.46. The number of carbonyl (C=O) groups is 1. The highest BCUT2D eigenvalue weighted by molar-refractivity contribution is 7.92. The molecular weight excluding hydrogens is 238 g/mol. The Morgan fingerprint density at radius 3 is 2.18 bits per heavy atom. The van der Waals surface area contributed by atoms with Crippen molar-refractivity contribution in [2.24, 2.45) is 0 Å². The molecule has 17 heavy (non-hydrogen) atoms. The standard InChI is InChI=1S/C12H17NO3S/c1-4-5-17(15,16)13-11-6-9(2)12(8-14)10(3)7-11/h6-8,13H,4-5H2,1-3H3. The van der Waals surface area contributed by atoms with Crippen molar-refractivity contribution in [3.05, 3.63) is 28.8 Å². The van der Waals surface area contributed by atoms with Gasteiger partial charge in [-0.1, -0.05) is 6.92 Å². The minimum absolute atomic E-state index is 0.0977. The molecule has 0 aliphatic carbocycles. The van der Waals surface area contributed by atoms with Crippen LogP contribution in [-0.2, 0) is 10.0 Å². The van der Waals surface area contributed by atoms with E-state index in [0.717, 1.165) is 17.4 Å². The highest BCUT2D eigenvalue weighted by atomic mass is 32.2. The fourth-order valence-corrected chi connectivity index (χ4v) is 2.84. The van der Waals surface area contributed by atoms with Gasteiger partial charge < -0.3 is 0 Å². The van der Waals surface area contributed by atoms with E-state index in [1.54, 1.807) is 26.0 Å². The fraction of sp³-hybridized carbons (Fsp3) is 0.417. The number of hydrogen-bond acceptors (Lipinski definition) is 3. The predicted molar refractivity (Wildman–Crippen MR) is 69.0 cm³/mol. The molecule has 0 aliphatic heterocycles. The Kier molecular flexibility index (Phi) is 4.28. The SMILES string of the molecule is CCCS(=O)(=O)Nc1cc(C)c(C=O)c(C)c1. The average molecular weight is 255 g/mol. The third kappa shape index (κ3) is 3.56. The van der Waals surface area contributed by atoms with Crippen LogP contribution in [0, 0.1) is 13.8 Å². The number of carbonyl (C=O) groups excluding carboxylic acids is 1. The van der Waals surface area contributed by atoms with Crippen LogP contribution < -0.4 is 4.72 Å². The van der Waals surface area contributed by atoms with Gasteiger partial charge in [-0.15, -0.1) is 0 Å². The number of benzene rings is 1. The second-order valence-electron chi connectivity index (χ2n) is 4.06. The van der Waals surface area contributed by atoms with Gasteiger partial charge in [0, 0.05) is 11.3 Å². The smallest absolute Gasteiger partial charge is 0.232 e. The monoisotopic (exact) mass is 255 g/mol. The van der Waals surface area contributed by atoms with Gasteiger partial charge in [-0.2, -0.15) is 0 Å². The van der Waals surface area contributed by atoms with Crippen molar-refractivity contribution in [1.82, 2.24) is 0 Å². The molecule has 0 radical (unpaired) electrons. The van der Waals surface area contributed by atoms with E-state index in [-0.39, 0.29) is 5.75 Å². The van der Waals surface area contributed by atoms with Crippen LogP contribution in [0.4, 0.5) is 5.69 Å². The molecule has 0 saturated heterocycles. The number of hydrogen-bond donors (Lipinski definition) is 1. The van der Waals surface area contributed by atoms with E-state index in [2.05, 4.69) is 4.72 Å². The Labute approximate surface area is 102 Å². The molecule has 0 atom stereocenters. The first kappa shape index (κ1) is 13.7. The van der Waals surface area contributed by atoms with Crippen LogP contribution in [0.25, 0.3) is 0 Å². The zero-order chi connectivity index (χ0) is 13.1. The quantitative estimate of drug-likeness (QED) is 0.821. The molecule has 0 bridgehead atoms. The molecule has 4 nitrogen and oxygen atoms in total. The Bertz CT molecular complexity index is 498. The molecular formula is C12H17NO3S. The third-order valence-electron chi connectivity index (χ3n) is 2.46. The first-order chi connectivity index (χ1) is 7.89. The summed E-state index contributed by atoms with van der Waals surface area (Å²) in [7, 11) is -3.28. The molecule has 5 heteroatoms. The minimum atomic E-state index is -3.28. The van der Waals surface area contributed by atoms with Gasteiger partial charge in [0.25, 0.3) is 0 Å². The predicted octanol–water partition coefficient (Wildman–Crippen LogP) is 2.27.